The van der Waals surface area contributed by atoms with Gasteiger partial charge in [0.1, 0.15) is 23.1 Å². The number of ether oxygens (including phenoxy) is 2. The van der Waals surface area contributed by atoms with Crippen LogP contribution in [-0.2, 0) is 24.6 Å². The lowest BCUT2D eigenvalue weighted by Gasteiger charge is -2.50. The number of allylic oxidation sites excluding steroid dienone is 2. The molecule has 2 saturated heterocycles. The molecule has 55 heavy (non-hydrogen) atoms. The number of benzene rings is 4. The van der Waals surface area contributed by atoms with Crippen LogP contribution in [0.15, 0.2) is 96.6 Å². The van der Waals surface area contributed by atoms with E-state index in [1.807, 2.05) is 6.08 Å². The van der Waals surface area contributed by atoms with Crippen LogP contribution in [0.25, 0.3) is 0 Å². The Morgan fingerprint density at radius 3 is 2.29 bits per heavy atom. The van der Waals surface area contributed by atoms with Crippen molar-refractivity contribution < 1.29 is 48.2 Å². The van der Waals surface area contributed by atoms with Gasteiger partial charge in [-0.3, -0.25) is 29.5 Å². The fourth-order valence-electron chi connectivity index (χ4n) is 9.21. The Bertz CT molecular complexity index is 2290. The SMILES string of the molecule is COc1cc(O)c(C2C3=CCC4C(=O)N(c5cccc(B(O)O)c5)C(=O)C4C3CC3C(=O)N(Nc4ccc(F)cc4)C(=O)C32c2ccc(Cl)cc2)c(OC)c1. The molecule has 8 rings (SSSR count). The summed E-state index contributed by atoms with van der Waals surface area (Å²) >= 11 is 6.36. The van der Waals surface area contributed by atoms with Crippen molar-refractivity contribution in [1.82, 2.24) is 5.01 Å². The van der Waals surface area contributed by atoms with Crippen molar-refractivity contribution in [2.75, 3.05) is 24.5 Å². The van der Waals surface area contributed by atoms with Crippen molar-refractivity contribution in [1.29, 1.82) is 0 Å². The van der Waals surface area contributed by atoms with Gasteiger partial charge in [0.2, 0.25) is 11.8 Å². The third-order valence-electron chi connectivity index (χ3n) is 11.5. The number of phenolic OH excluding ortho intramolecular Hbond substituents is 1. The number of nitrogens with one attached hydrogen (secondary N) is 1. The molecule has 4 aliphatic rings. The quantitative estimate of drug-likeness (QED) is 0.117. The summed E-state index contributed by atoms with van der Waals surface area (Å²) in [7, 11) is 0.977. The third-order valence-corrected chi connectivity index (χ3v) is 11.8. The van der Waals surface area contributed by atoms with Crippen LogP contribution in [0.3, 0.4) is 0 Å². The van der Waals surface area contributed by atoms with Crippen molar-refractivity contribution in [3.8, 4) is 17.2 Å². The number of anilines is 2. The van der Waals surface area contributed by atoms with E-state index in [1.54, 1.807) is 30.3 Å². The Morgan fingerprint density at radius 1 is 0.891 bits per heavy atom. The molecule has 4 amide bonds. The highest BCUT2D eigenvalue weighted by Gasteiger charge is 2.71. The lowest BCUT2D eigenvalue weighted by Crippen LogP contribution is -2.53. The summed E-state index contributed by atoms with van der Waals surface area (Å²) < 4.78 is 25.2. The number of hydrogen-bond donors (Lipinski definition) is 4. The summed E-state index contributed by atoms with van der Waals surface area (Å²) in [6.07, 6.45) is 1.88. The maximum absolute atomic E-state index is 15.4. The number of methoxy groups -OCH3 is 2. The second kappa shape index (κ2) is 13.6. The number of rotatable bonds is 8. The molecular weight excluding hydrogens is 732 g/mol. The van der Waals surface area contributed by atoms with Gasteiger partial charge in [0.25, 0.3) is 11.8 Å². The van der Waals surface area contributed by atoms with E-state index in [2.05, 4.69) is 5.43 Å². The van der Waals surface area contributed by atoms with Gasteiger partial charge >= 0.3 is 7.12 Å². The van der Waals surface area contributed by atoms with Crippen LogP contribution in [-0.4, -0.2) is 65.1 Å². The second-order valence-corrected chi connectivity index (χ2v) is 14.6. The Balaban J connectivity index is 1.35. The zero-order valence-electron chi connectivity index (χ0n) is 29.5. The number of aromatic hydroxyl groups is 1. The minimum absolute atomic E-state index is 0.0419. The van der Waals surface area contributed by atoms with Gasteiger partial charge in [0.15, 0.2) is 0 Å². The first kappa shape index (κ1) is 36.3. The molecule has 6 atom stereocenters. The normalized spacial score (nSPS) is 25.6. The summed E-state index contributed by atoms with van der Waals surface area (Å²) in [5.74, 6) is -7.65. The predicted octanol–water partition coefficient (Wildman–Crippen LogP) is 4.07. The molecule has 0 radical (unpaired) electrons. The Hall–Kier alpha value is -5.70. The molecular formula is C40H34BClFN3O9. The van der Waals surface area contributed by atoms with Crippen LogP contribution in [0, 0.1) is 29.5 Å². The molecule has 280 valence electrons. The molecule has 1 saturated carbocycles. The van der Waals surface area contributed by atoms with Crippen molar-refractivity contribution in [3.05, 3.63) is 119 Å². The molecule has 0 spiro atoms. The Morgan fingerprint density at radius 2 is 1.62 bits per heavy atom. The first-order valence-corrected chi connectivity index (χ1v) is 17.9. The van der Waals surface area contributed by atoms with Gasteiger partial charge < -0.3 is 24.6 Å². The molecule has 4 aromatic carbocycles. The largest absolute Gasteiger partial charge is 0.507 e. The number of imide groups is 2. The predicted molar refractivity (Wildman–Crippen MR) is 199 cm³/mol. The lowest BCUT2D eigenvalue weighted by atomic mass is 9.49. The summed E-state index contributed by atoms with van der Waals surface area (Å²) in [4.78, 5) is 60.0. The van der Waals surface area contributed by atoms with Crippen LogP contribution < -0.4 is 25.3 Å². The third kappa shape index (κ3) is 5.49. The number of nitrogens with zero attached hydrogens (tertiary/aromatic N) is 2. The van der Waals surface area contributed by atoms with Crippen molar-refractivity contribution in [2.24, 2.45) is 23.7 Å². The second-order valence-electron chi connectivity index (χ2n) is 14.1. The van der Waals surface area contributed by atoms with E-state index in [1.165, 1.54) is 68.8 Å². The summed E-state index contributed by atoms with van der Waals surface area (Å²) in [5.41, 5.74) is 2.76. The monoisotopic (exact) mass is 765 g/mol. The smallest absolute Gasteiger partial charge is 0.488 e. The number of phenols is 1. The highest BCUT2D eigenvalue weighted by atomic mass is 35.5. The van der Waals surface area contributed by atoms with Crippen LogP contribution in [0.1, 0.15) is 29.9 Å². The van der Waals surface area contributed by atoms with Gasteiger partial charge in [-0.15, -0.1) is 0 Å². The molecule has 2 aliphatic heterocycles. The minimum Gasteiger partial charge on any atom is -0.507 e. The number of hydrogen-bond acceptors (Lipinski definition) is 10. The van der Waals surface area contributed by atoms with Crippen LogP contribution in [0.5, 0.6) is 17.2 Å². The molecule has 12 nitrogen and oxygen atoms in total. The van der Waals surface area contributed by atoms with Gasteiger partial charge in [-0.05, 0) is 78.3 Å². The van der Waals surface area contributed by atoms with E-state index in [0.717, 1.165) is 9.91 Å². The molecule has 0 aromatic heterocycles. The highest BCUT2D eigenvalue weighted by molar-refractivity contribution is 6.58. The molecule has 4 N–H and O–H groups in total. The summed E-state index contributed by atoms with van der Waals surface area (Å²) in [5, 5.41) is 32.8. The lowest BCUT2D eigenvalue weighted by molar-refractivity contribution is -0.138. The number of halogens is 2. The zero-order chi connectivity index (χ0) is 38.9. The molecule has 2 heterocycles. The number of fused-ring (bicyclic) bond motifs is 4. The Labute approximate surface area is 319 Å². The van der Waals surface area contributed by atoms with Gasteiger partial charge in [-0.25, -0.2) is 4.39 Å². The standard InChI is InChI=1S/C40H34BClFN3O9/c1-54-26-17-31(47)34(32(18-26)55-2)35-27-14-15-28-33(38(50)45(36(28)48)25-5-3-4-21(16-25)41(52)53)29(27)19-30-37(49)46(44-24-12-10-23(43)11-13-24)39(51)40(30,35)20-6-8-22(42)9-7-20/h3-14,16-18,28-30,33,35,44,47,52-53H,15,19H2,1-2H3. The van der Waals surface area contributed by atoms with Crippen LogP contribution in [0.2, 0.25) is 5.02 Å². The van der Waals surface area contributed by atoms with E-state index >= 15 is 4.79 Å². The number of carbonyl (C=O) groups is 4. The zero-order valence-corrected chi connectivity index (χ0v) is 30.2. The highest BCUT2D eigenvalue weighted by Crippen LogP contribution is 2.66. The number of carbonyl (C=O) groups excluding carboxylic acids is 4. The van der Waals surface area contributed by atoms with E-state index in [9.17, 15) is 33.9 Å². The number of amides is 4. The van der Waals surface area contributed by atoms with E-state index < -0.39 is 71.6 Å². The average Bonchev–Trinajstić information content (AvgIpc) is 3.56. The fraction of sp³-hybridized carbons (Fsp3) is 0.250. The van der Waals surface area contributed by atoms with Gasteiger partial charge in [-0.2, -0.15) is 5.01 Å². The van der Waals surface area contributed by atoms with Gasteiger partial charge in [0, 0.05) is 28.6 Å². The molecule has 0 bridgehead atoms. The van der Waals surface area contributed by atoms with Crippen molar-refractivity contribution in [2.45, 2.75) is 24.2 Å². The van der Waals surface area contributed by atoms with Gasteiger partial charge in [-0.1, -0.05) is 47.5 Å². The molecule has 4 aromatic rings. The molecule has 15 heteroatoms. The topological polar surface area (TPSA) is 166 Å². The van der Waals surface area contributed by atoms with E-state index in [4.69, 9.17) is 21.1 Å². The van der Waals surface area contributed by atoms with E-state index in [0.29, 0.717) is 16.2 Å². The van der Waals surface area contributed by atoms with Gasteiger partial charge in [0.05, 0.1) is 48.8 Å². The maximum atomic E-state index is 15.4. The first-order valence-electron chi connectivity index (χ1n) is 17.6. The summed E-state index contributed by atoms with van der Waals surface area (Å²) in [6.45, 7) is 0. The van der Waals surface area contributed by atoms with E-state index in [-0.39, 0.29) is 52.5 Å². The molecule has 3 fully saturated rings. The maximum Gasteiger partial charge on any atom is 0.488 e. The van der Waals surface area contributed by atoms with Crippen LogP contribution in [0.4, 0.5) is 15.8 Å². The fourth-order valence-corrected chi connectivity index (χ4v) is 9.34. The first-order chi connectivity index (χ1) is 26.4. The van der Waals surface area contributed by atoms with Crippen molar-refractivity contribution in [3.63, 3.8) is 0 Å². The number of hydrazine groups is 1. The van der Waals surface area contributed by atoms with Crippen molar-refractivity contribution >= 4 is 59.2 Å². The van der Waals surface area contributed by atoms with Crippen LogP contribution >= 0.6 is 11.6 Å². The molecule has 2 aliphatic carbocycles. The summed E-state index contributed by atoms with van der Waals surface area (Å²) in [6, 6.07) is 20.4. The molecule has 6 unspecified atom stereocenters. The average molecular weight is 766 g/mol. The minimum atomic E-state index is -1.84. The Kier molecular flexibility index (Phi) is 8.94.